The van der Waals surface area contributed by atoms with Gasteiger partial charge in [-0.3, -0.25) is 4.79 Å². The van der Waals surface area contributed by atoms with Crippen LogP contribution in [0.2, 0.25) is 0 Å². The highest BCUT2D eigenvalue weighted by molar-refractivity contribution is 5.91. The van der Waals surface area contributed by atoms with Crippen molar-refractivity contribution in [2.45, 2.75) is 32.0 Å². The quantitative estimate of drug-likeness (QED) is 0.743. The second kappa shape index (κ2) is 6.20. The molecule has 1 amide bonds. The number of rotatable bonds is 4. The molecule has 130 valence electrons. The molecule has 1 heterocycles. The van der Waals surface area contributed by atoms with Gasteiger partial charge < -0.3 is 19.9 Å². The van der Waals surface area contributed by atoms with Gasteiger partial charge in [0.15, 0.2) is 0 Å². The van der Waals surface area contributed by atoms with Crippen LogP contribution < -0.4 is 5.32 Å². The second-order valence-electron chi connectivity index (χ2n) is 5.49. The van der Waals surface area contributed by atoms with E-state index in [0.29, 0.717) is 5.56 Å². The molecule has 0 fully saturated rings. The van der Waals surface area contributed by atoms with Crippen molar-refractivity contribution >= 4 is 11.6 Å². The van der Waals surface area contributed by atoms with Crippen LogP contribution in [0.3, 0.4) is 0 Å². The van der Waals surface area contributed by atoms with Gasteiger partial charge in [0.25, 0.3) is 0 Å². The number of benzene rings is 1. The van der Waals surface area contributed by atoms with Gasteiger partial charge in [0.2, 0.25) is 11.5 Å². The summed E-state index contributed by atoms with van der Waals surface area (Å²) in [5.74, 6) is -1.62. The monoisotopic (exact) mass is 343 g/mol. The number of anilines is 1. The summed E-state index contributed by atoms with van der Waals surface area (Å²) in [5, 5.41) is 21.7. The summed E-state index contributed by atoms with van der Waals surface area (Å²) in [7, 11) is 0. The third kappa shape index (κ3) is 3.53. The maximum atomic E-state index is 13.3. The van der Waals surface area contributed by atoms with Crippen LogP contribution in [-0.2, 0) is 10.4 Å². The van der Waals surface area contributed by atoms with E-state index in [1.54, 1.807) is 6.92 Å². The second-order valence-corrected chi connectivity index (χ2v) is 5.49. The van der Waals surface area contributed by atoms with E-state index >= 15 is 0 Å². The summed E-state index contributed by atoms with van der Waals surface area (Å²) < 4.78 is 44.8. The Kier molecular flexibility index (Phi) is 4.61. The molecule has 24 heavy (non-hydrogen) atoms. The molecule has 3 N–H and O–H groups in total. The van der Waals surface area contributed by atoms with Crippen LogP contribution in [-0.4, -0.2) is 22.3 Å². The fraction of sp³-hybridized carbons (Fsp3) is 0.312. The van der Waals surface area contributed by atoms with Crippen molar-refractivity contribution in [3.8, 4) is 5.75 Å². The molecule has 8 heteroatoms. The molecule has 1 atom stereocenters. The number of alkyl halides is 3. The first-order chi connectivity index (χ1) is 11.0. The molecular weight excluding hydrogens is 327 g/mol. The Bertz CT molecular complexity index is 754. The summed E-state index contributed by atoms with van der Waals surface area (Å²) in [5.41, 5.74) is -2.78. The Morgan fingerprint density at radius 3 is 2.38 bits per heavy atom. The maximum Gasteiger partial charge on any atom is 0.425 e. The number of carbonyl (C=O) groups is 1. The predicted octanol–water partition coefficient (Wildman–Crippen LogP) is 3.38. The Balaban J connectivity index is 2.23. The first kappa shape index (κ1) is 17.9. The number of carbonyl (C=O) groups excluding carboxylic acids is 1. The van der Waals surface area contributed by atoms with Gasteiger partial charge in [-0.1, -0.05) is 0 Å². The number of hydrogen-bond donors (Lipinski definition) is 3. The van der Waals surface area contributed by atoms with Crippen LogP contribution in [0.4, 0.5) is 18.9 Å². The van der Waals surface area contributed by atoms with Gasteiger partial charge in [-0.2, -0.15) is 13.2 Å². The molecule has 0 aliphatic heterocycles. The molecule has 5 nitrogen and oxygen atoms in total. The number of aromatic hydroxyl groups is 1. The number of hydrogen-bond acceptors (Lipinski definition) is 4. The molecule has 1 aromatic heterocycles. The molecule has 0 aliphatic carbocycles. The summed E-state index contributed by atoms with van der Waals surface area (Å²) in [6.07, 6.45) is -6.36. The summed E-state index contributed by atoms with van der Waals surface area (Å²) in [6, 6.07) is 6.30. The van der Waals surface area contributed by atoms with E-state index in [4.69, 9.17) is 4.42 Å². The molecule has 0 saturated carbocycles. The molecule has 0 spiro atoms. The average molecular weight is 343 g/mol. The normalized spacial score (nSPS) is 14.2. The zero-order valence-electron chi connectivity index (χ0n) is 12.9. The van der Waals surface area contributed by atoms with Crippen molar-refractivity contribution in [3.05, 3.63) is 47.4 Å². The van der Waals surface area contributed by atoms with E-state index in [0.717, 1.165) is 6.07 Å². The number of phenols is 1. The number of amides is 1. The first-order valence-electron chi connectivity index (χ1n) is 6.98. The Morgan fingerprint density at radius 2 is 1.88 bits per heavy atom. The Morgan fingerprint density at radius 1 is 1.21 bits per heavy atom. The predicted molar refractivity (Wildman–Crippen MR) is 79.5 cm³/mol. The van der Waals surface area contributed by atoms with Crippen molar-refractivity contribution in [2.75, 3.05) is 5.32 Å². The molecular formula is C16H16F3NO4. The Hall–Kier alpha value is -2.48. The van der Waals surface area contributed by atoms with E-state index in [9.17, 15) is 28.2 Å². The third-order valence-electron chi connectivity index (χ3n) is 3.51. The van der Waals surface area contributed by atoms with Gasteiger partial charge in [-0.05, 0) is 49.7 Å². The standard InChI is InChI=1S/C16H16F3NO4/c1-9-7-11(4-5-12(9)21)20-14(22)8-15(23,16(17,18)19)13-6-3-10(2)24-13/h3-7,21,23H,8H2,1-2H3,(H,20,22). The highest BCUT2D eigenvalue weighted by Crippen LogP contribution is 2.42. The van der Waals surface area contributed by atoms with E-state index in [1.165, 1.54) is 31.2 Å². The molecule has 2 aromatic rings. The number of phenolic OH excluding ortho intramolecular Hbond substituents is 1. The van der Waals surface area contributed by atoms with E-state index < -0.39 is 29.9 Å². The van der Waals surface area contributed by atoms with Crippen molar-refractivity contribution in [2.24, 2.45) is 0 Å². The molecule has 0 bridgehead atoms. The lowest BCUT2D eigenvalue weighted by Crippen LogP contribution is -2.44. The zero-order valence-corrected chi connectivity index (χ0v) is 12.9. The summed E-state index contributed by atoms with van der Waals surface area (Å²) >= 11 is 0. The van der Waals surface area contributed by atoms with E-state index in [-0.39, 0.29) is 17.2 Å². The van der Waals surface area contributed by atoms with Crippen molar-refractivity contribution in [3.63, 3.8) is 0 Å². The van der Waals surface area contributed by atoms with Gasteiger partial charge in [0.1, 0.15) is 17.3 Å². The van der Waals surface area contributed by atoms with Crippen LogP contribution in [0.5, 0.6) is 5.75 Å². The third-order valence-corrected chi connectivity index (χ3v) is 3.51. The smallest absolute Gasteiger partial charge is 0.425 e. The van der Waals surface area contributed by atoms with Gasteiger partial charge in [0.05, 0.1) is 6.42 Å². The topological polar surface area (TPSA) is 82.7 Å². The first-order valence-corrected chi connectivity index (χ1v) is 6.98. The average Bonchev–Trinajstić information content (AvgIpc) is 2.88. The SMILES string of the molecule is Cc1ccc(C(O)(CC(=O)Nc2ccc(O)c(C)c2)C(F)(F)F)o1. The van der Waals surface area contributed by atoms with E-state index in [1.807, 2.05) is 0 Å². The molecule has 2 rings (SSSR count). The lowest BCUT2D eigenvalue weighted by atomic mass is 9.95. The zero-order chi connectivity index (χ0) is 18.1. The van der Waals surface area contributed by atoms with Crippen LogP contribution in [0.25, 0.3) is 0 Å². The molecule has 1 aromatic carbocycles. The fourth-order valence-electron chi connectivity index (χ4n) is 2.15. The van der Waals surface area contributed by atoms with Crippen LogP contribution in [0.15, 0.2) is 34.7 Å². The minimum absolute atomic E-state index is 0.00847. The lowest BCUT2D eigenvalue weighted by Gasteiger charge is -2.28. The minimum atomic E-state index is -5.10. The van der Waals surface area contributed by atoms with Crippen molar-refractivity contribution in [1.29, 1.82) is 0 Å². The van der Waals surface area contributed by atoms with Gasteiger partial charge in [0, 0.05) is 5.69 Å². The minimum Gasteiger partial charge on any atom is -0.508 e. The maximum absolute atomic E-state index is 13.3. The Labute approximate surface area is 135 Å². The number of aliphatic hydroxyl groups is 1. The summed E-state index contributed by atoms with van der Waals surface area (Å²) in [6.45, 7) is 3.00. The number of furan rings is 1. The van der Waals surface area contributed by atoms with Crippen LogP contribution in [0, 0.1) is 13.8 Å². The summed E-state index contributed by atoms with van der Waals surface area (Å²) in [4.78, 5) is 12.0. The molecule has 0 radical (unpaired) electrons. The van der Waals surface area contributed by atoms with Crippen molar-refractivity contribution in [1.82, 2.24) is 0 Å². The number of aryl methyl sites for hydroxylation is 2. The largest absolute Gasteiger partial charge is 0.508 e. The van der Waals surface area contributed by atoms with Crippen LogP contribution >= 0.6 is 0 Å². The van der Waals surface area contributed by atoms with Gasteiger partial charge in [-0.15, -0.1) is 0 Å². The molecule has 0 saturated heterocycles. The number of halogens is 3. The van der Waals surface area contributed by atoms with E-state index in [2.05, 4.69) is 5.32 Å². The fourth-order valence-corrected chi connectivity index (χ4v) is 2.15. The number of nitrogens with one attached hydrogen (secondary N) is 1. The van der Waals surface area contributed by atoms with Gasteiger partial charge >= 0.3 is 6.18 Å². The molecule has 1 unspecified atom stereocenters. The molecule has 0 aliphatic rings. The highest BCUT2D eigenvalue weighted by atomic mass is 19.4. The van der Waals surface area contributed by atoms with Crippen molar-refractivity contribution < 1.29 is 32.6 Å². The highest BCUT2D eigenvalue weighted by Gasteiger charge is 2.58. The van der Waals surface area contributed by atoms with Crippen LogP contribution in [0.1, 0.15) is 23.5 Å². The van der Waals surface area contributed by atoms with Gasteiger partial charge in [-0.25, -0.2) is 0 Å². The lowest BCUT2D eigenvalue weighted by molar-refractivity contribution is -0.272.